The first-order valence-electron chi connectivity index (χ1n) is 10.5. The van der Waals surface area contributed by atoms with Gasteiger partial charge in [-0.05, 0) is 48.4 Å². The highest BCUT2D eigenvalue weighted by atomic mass is 16.5. The fourth-order valence-electron chi connectivity index (χ4n) is 3.76. The second-order valence-corrected chi connectivity index (χ2v) is 7.31. The van der Waals surface area contributed by atoms with Crippen LogP contribution in [-0.4, -0.2) is 31.1 Å². The first-order valence-corrected chi connectivity index (χ1v) is 10.5. The Kier molecular flexibility index (Phi) is 6.98. The van der Waals surface area contributed by atoms with E-state index in [1.807, 2.05) is 45.0 Å². The normalized spacial score (nSPS) is 17.4. The smallest absolute Gasteiger partial charge is 0.338 e. The third-order valence-corrected chi connectivity index (χ3v) is 5.37. The molecule has 2 aliphatic rings. The minimum Gasteiger partial charge on any atom is -0.467 e. The van der Waals surface area contributed by atoms with Crippen molar-refractivity contribution in [1.29, 1.82) is 0 Å². The number of hydrazone groups is 1. The Morgan fingerprint density at radius 1 is 1.13 bits per heavy atom. The molecule has 1 unspecified atom stereocenters. The quantitative estimate of drug-likeness (QED) is 0.725. The molecule has 0 spiro atoms. The lowest BCUT2D eigenvalue weighted by Crippen LogP contribution is -2.34. The van der Waals surface area contributed by atoms with Gasteiger partial charge in [0.2, 0.25) is 0 Å². The van der Waals surface area contributed by atoms with Crippen LogP contribution in [0.1, 0.15) is 71.4 Å². The number of ether oxygens (including phenoxy) is 2. The number of amidine groups is 1. The van der Waals surface area contributed by atoms with Crippen LogP contribution in [0.5, 0.6) is 0 Å². The predicted octanol–water partition coefficient (Wildman–Crippen LogP) is 4.71. The van der Waals surface area contributed by atoms with Crippen molar-refractivity contribution < 1.29 is 14.3 Å². The maximum atomic E-state index is 12.3. The molecule has 1 N–H and O–H groups in total. The molecule has 0 saturated heterocycles. The summed E-state index contributed by atoms with van der Waals surface area (Å²) in [6.45, 7) is 6.61. The van der Waals surface area contributed by atoms with E-state index in [0.29, 0.717) is 24.0 Å². The zero-order valence-corrected chi connectivity index (χ0v) is 18.4. The van der Waals surface area contributed by atoms with E-state index in [-0.39, 0.29) is 12.1 Å². The molecule has 2 aromatic rings. The number of nitrogens with one attached hydrogen (secondary N) is 1. The number of hydrogen-bond acceptors (Lipinski definition) is 6. The van der Waals surface area contributed by atoms with Crippen molar-refractivity contribution >= 4 is 12.0 Å². The van der Waals surface area contributed by atoms with Gasteiger partial charge < -0.3 is 9.47 Å². The van der Waals surface area contributed by atoms with Crippen molar-refractivity contribution in [2.45, 2.75) is 52.2 Å². The maximum absolute atomic E-state index is 12.3. The number of carbonyl (C=O) groups is 1. The molecular formula is C24H31N3O3. The van der Waals surface area contributed by atoms with Crippen LogP contribution in [0, 0.1) is 6.92 Å². The Bertz CT molecular complexity index is 907. The Morgan fingerprint density at radius 3 is 2.43 bits per heavy atom. The van der Waals surface area contributed by atoms with Crippen molar-refractivity contribution in [2.24, 2.45) is 5.10 Å². The number of benzene rings is 2. The molecule has 0 bridgehead atoms. The largest absolute Gasteiger partial charge is 0.467 e. The van der Waals surface area contributed by atoms with E-state index in [0.717, 1.165) is 16.7 Å². The molecule has 0 radical (unpaired) electrons. The maximum Gasteiger partial charge on any atom is 0.338 e. The van der Waals surface area contributed by atoms with Crippen LogP contribution in [0.2, 0.25) is 0 Å². The minimum atomic E-state index is -0.318. The van der Waals surface area contributed by atoms with Gasteiger partial charge in [0.1, 0.15) is 6.17 Å². The van der Waals surface area contributed by atoms with Crippen LogP contribution >= 0.6 is 0 Å². The fraction of sp³-hybridized carbons (Fsp3) is 0.417. The molecule has 1 saturated carbocycles. The fourth-order valence-corrected chi connectivity index (χ4v) is 3.76. The molecular weight excluding hydrogens is 378 g/mol. The summed E-state index contributed by atoms with van der Waals surface area (Å²) in [5.74, 6) is 0.217. The molecule has 1 atom stereocenters. The van der Waals surface area contributed by atoms with Gasteiger partial charge in [-0.25, -0.2) is 4.79 Å². The number of aryl methyl sites for hydroxylation is 1. The third kappa shape index (κ3) is 4.42. The molecule has 2 aromatic carbocycles. The summed E-state index contributed by atoms with van der Waals surface area (Å²) < 4.78 is 10.5. The Morgan fingerprint density at radius 2 is 1.83 bits per heavy atom. The van der Waals surface area contributed by atoms with Crippen molar-refractivity contribution in [2.75, 3.05) is 14.2 Å². The van der Waals surface area contributed by atoms with Crippen molar-refractivity contribution in [3.8, 4) is 0 Å². The summed E-state index contributed by atoms with van der Waals surface area (Å²) in [5.41, 5.74) is 8.23. The first kappa shape index (κ1) is 21.7. The number of carbonyl (C=O) groups excluding carboxylic acids is 1. The van der Waals surface area contributed by atoms with Gasteiger partial charge in [-0.1, -0.05) is 50.2 Å². The van der Waals surface area contributed by atoms with Gasteiger partial charge in [0.05, 0.1) is 19.8 Å². The number of hydrogen-bond donors (Lipinski definition) is 1. The van der Waals surface area contributed by atoms with E-state index in [4.69, 9.17) is 9.47 Å². The van der Waals surface area contributed by atoms with Crippen LogP contribution in [0.4, 0.5) is 0 Å². The number of nitrogens with zero attached hydrogens (tertiary/aromatic N) is 2. The minimum absolute atomic E-state index is 0.199. The van der Waals surface area contributed by atoms with E-state index in [1.54, 1.807) is 7.11 Å². The van der Waals surface area contributed by atoms with Gasteiger partial charge >= 0.3 is 12.0 Å². The Hall–Kier alpha value is -3.02. The molecule has 4 rings (SSSR count). The SMILES string of the molecule is CC.COC(=O)c1cc(C2NN=C(OC)N2Cc2ccccc2)c(C2CC2)cc1C. The second-order valence-electron chi connectivity index (χ2n) is 7.31. The summed E-state index contributed by atoms with van der Waals surface area (Å²) in [6.07, 6.45) is 2.15. The summed E-state index contributed by atoms with van der Waals surface area (Å²) in [5, 5.41) is 4.38. The van der Waals surface area contributed by atoms with Crippen LogP contribution < -0.4 is 5.43 Å². The number of methoxy groups -OCH3 is 2. The standard InChI is InChI=1S/C22H25N3O3.C2H6/c1-14-11-18(16-9-10-16)19(12-17(14)21(26)27-2)20-23-24-22(28-3)25(20)13-15-7-5-4-6-8-15;1-2/h4-8,11-12,16,20,23H,9-10,13H2,1-3H3;1-2H3. The van der Waals surface area contributed by atoms with Gasteiger partial charge in [-0.3, -0.25) is 10.3 Å². The highest BCUT2D eigenvalue weighted by molar-refractivity contribution is 5.91. The second kappa shape index (κ2) is 9.65. The first-order chi connectivity index (χ1) is 14.6. The van der Waals surface area contributed by atoms with Gasteiger partial charge in [0.15, 0.2) is 0 Å². The molecule has 6 nitrogen and oxygen atoms in total. The lowest BCUT2D eigenvalue weighted by Gasteiger charge is -2.28. The zero-order valence-electron chi connectivity index (χ0n) is 18.4. The molecule has 30 heavy (non-hydrogen) atoms. The molecule has 6 heteroatoms. The molecule has 1 aliphatic carbocycles. The van der Waals surface area contributed by atoms with Gasteiger partial charge in [0, 0.05) is 12.1 Å². The van der Waals surface area contributed by atoms with E-state index in [1.165, 1.54) is 25.5 Å². The van der Waals surface area contributed by atoms with Gasteiger partial charge in [0.25, 0.3) is 0 Å². The van der Waals surface area contributed by atoms with Crippen molar-refractivity contribution in [3.05, 3.63) is 70.3 Å². The molecule has 0 amide bonds. The summed E-state index contributed by atoms with van der Waals surface area (Å²) in [7, 11) is 3.04. The van der Waals surface area contributed by atoms with Crippen LogP contribution in [-0.2, 0) is 16.0 Å². The lowest BCUT2D eigenvalue weighted by atomic mass is 9.94. The van der Waals surface area contributed by atoms with Crippen LogP contribution in [0.15, 0.2) is 47.6 Å². The highest BCUT2D eigenvalue weighted by Gasteiger charge is 2.36. The summed E-state index contributed by atoms with van der Waals surface area (Å²) in [6, 6.07) is 14.8. The number of esters is 1. The van der Waals surface area contributed by atoms with E-state index in [9.17, 15) is 4.79 Å². The lowest BCUT2D eigenvalue weighted by molar-refractivity contribution is 0.0599. The summed E-state index contributed by atoms with van der Waals surface area (Å²) >= 11 is 0. The average molecular weight is 410 g/mol. The topological polar surface area (TPSA) is 63.2 Å². The number of rotatable bonds is 5. The van der Waals surface area contributed by atoms with Crippen molar-refractivity contribution in [1.82, 2.24) is 10.3 Å². The van der Waals surface area contributed by atoms with Gasteiger partial charge in [-0.2, -0.15) is 0 Å². The van der Waals surface area contributed by atoms with Crippen molar-refractivity contribution in [3.63, 3.8) is 0 Å². The molecule has 160 valence electrons. The molecule has 1 aliphatic heterocycles. The Labute approximate surface area is 178 Å². The molecule has 1 fully saturated rings. The van der Waals surface area contributed by atoms with E-state index >= 15 is 0 Å². The monoisotopic (exact) mass is 409 g/mol. The van der Waals surface area contributed by atoms with Crippen LogP contribution in [0.3, 0.4) is 0 Å². The van der Waals surface area contributed by atoms with E-state index < -0.39 is 0 Å². The molecule has 1 heterocycles. The third-order valence-electron chi connectivity index (χ3n) is 5.37. The highest BCUT2D eigenvalue weighted by Crippen LogP contribution is 2.45. The van der Waals surface area contributed by atoms with Crippen LogP contribution in [0.25, 0.3) is 0 Å². The average Bonchev–Trinajstić information content (AvgIpc) is 3.56. The predicted molar refractivity (Wildman–Crippen MR) is 118 cm³/mol. The van der Waals surface area contributed by atoms with Gasteiger partial charge in [-0.15, -0.1) is 5.10 Å². The van der Waals surface area contributed by atoms with E-state index in [2.05, 4.69) is 33.6 Å². The molecule has 0 aromatic heterocycles. The zero-order chi connectivity index (χ0) is 21.7. The Balaban J connectivity index is 0.00000124. The summed E-state index contributed by atoms with van der Waals surface area (Å²) in [4.78, 5) is 14.4.